The van der Waals surface area contributed by atoms with E-state index in [2.05, 4.69) is 18.0 Å². The Morgan fingerprint density at radius 3 is 2.36 bits per heavy atom. The molecule has 0 aromatic rings. The van der Waals surface area contributed by atoms with Gasteiger partial charge in [0, 0.05) is 0 Å². The third-order valence-corrected chi connectivity index (χ3v) is 3.74. The van der Waals surface area contributed by atoms with E-state index < -0.39 is 0 Å². The third-order valence-electron chi connectivity index (χ3n) is 3.74. The third kappa shape index (κ3) is 2.60. The number of hydrogen-bond donors (Lipinski definition) is 1. The van der Waals surface area contributed by atoms with Crippen LogP contribution in [0.5, 0.6) is 0 Å². The van der Waals surface area contributed by atoms with Gasteiger partial charge in [0.2, 0.25) is 0 Å². The molecule has 0 aromatic heterocycles. The fourth-order valence-electron chi connectivity index (χ4n) is 2.86. The van der Waals surface area contributed by atoms with Crippen molar-refractivity contribution in [2.45, 2.75) is 46.0 Å². The van der Waals surface area contributed by atoms with Crippen molar-refractivity contribution in [2.24, 2.45) is 11.3 Å². The van der Waals surface area contributed by atoms with Gasteiger partial charge in [-0.1, -0.05) is 19.9 Å². The summed E-state index contributed by atoms with van der Waals surface area (Å²) >= 11 is 0. The average molecular weight is 195 g/mol. The van der Waals surface area contributed by atoms with Crippen molar-refractivity contribution in [2.75, 3.05) is 13.1 Å². The summed E-state index contributed by atoms with van der Waals surface area (Å²) in [7, 11) is 0. The summed E-state index contributed by atoms with van der Waals surface area (Å²) in [5.41, 5.74) is 0.712. The Morgan fingerprint density at radius 2 is 1.86 bits per heavy atom. The molecule has 0 bridgehead atoms. The van der Waals surface area contributed by atoms with E-state index in [1.54, 1.807) is 0 Å². The van der Waals surface area contributed by atoms with E-state index >= 15 is 0 Å². The second-order valence-electron chi connectivity index (χ2n) is 4.49. The molecule has 2 fully saturated rings. The van der Waals surface area contributed by atoms with Crippen LogP contribution < -0.4 is 5.32 Å². The first-order chi connectivity index (χ1) is 6.85. The van der Waals surface area contributed by atoms with Gasteiger partial charge < -0.3 is 5.32 Å². The number of allylic oxidation sites excluding steroid dienone is 1. The Hall–Kier alpha value is -0.300. The summed E-state index contributed by atoms with van der Waals surface area (Å²) in [4.78, 5) is 0. The molecule has 0 amide bonds. The van der Waals surface area contributed by atoms with Crippen molar-refractivity contribution in [3.8, 4) is 0 Å². The first-order valence-electron chi connectivity index (χ1n) is 6.18. The SMILES string of the molecule is C=CC1CCC2(CCNCC2)C1.CC. The lowest BCUT2D eigenvalue weighted by Gasteiger charge is -2.33. The van der Waals surface area contributed by atoms with Crippen LogP contribution in [0, 0.1) is 11.3 Å². The molecule has 2 rings (SSSR count). The average Bonchev–Trinajstić information content (AvgIpc) is 2.66. The quantitative estimate of drug-likeness (QED) is 0.633. The van der Waals surface area contributed by atoms with Crippen LogP contribution in [0.25, 0.3) is 0 Å². The van der Waals surface area contributed by atoms with Crippen LogP contribution in [-0.2, 0) is 0 Å². The van der Waals surface area contributed by atoms with Crippen LogP contribution in [0.1, 0.15) is 46.0 Å². The van der Waals surface area contributed by atoms with Gasteiger partial charge in [0.05, 0.1) is 0 Å². The maximum atomic E-state index is 3.91. The van der Waals surface area contributed by atoms with Crippen molar-refractivity contribution in [3.05, 3.63) is 12.7 Å². The zero-order valence-corrected chi connectivity index (χ0v) is 9.81. The van der Waals surface area contributed by atoms with Crippen LogP contribution in [0.2, 0.25) is 0 Å². The molecule has 0 radical (unpaired) electrons. The molecule has 1 heteroatoms. The number of hydrogen-bond acceptors (Lipinski definition) is 1. The zero-order valence-electron chi connectivity index (χ0n) is 9.81. The van der Waals surface area contributed by atoms with E-state index in [0.29, 0.717) is 5.41 Å². The second-order valence-corrected chi connectivity index (χ2v) is 4.49. The Kier molecular flexibility index (Phi) is 4.67. The van der Waals surface area contributed by atoms with Gasteiger partial charge in [0.1, 0.15) is 0 Å². The molecule has 1 saturated heterocycles. The highest BCUT2D eigenvalue weighted by atomic mass is 14.9. The molecular weight excluding hydrogens is 170 g/mol. The van der Waals surface area contributed by atoms with Crippen molar-refractivity contribution in [1.82, 2.24) is 5.32 Å². The van der Waals surface area contributed by atoms with E-state index in [-0.39, 0.29) is 0 Å². The minimum atomic E-state index is 0.712. The molecule has 82 valence electrons. The largest absolute Gasteiger partial charge is 0.317 e. The minimum Gasteiger partial charge on any atom is -0.317 e. The molecule has 2 aliphatic rings. The maximum absolute atomic E-state index is 3.91. The predicted octanol–water partition coefficient (Wildman–Crippen LogP) is 3.37. The van der Waals surface area contributed by atoms with E-state index in [9.17, 15) is 0 Å². The molecule has 1 nitrogen and oxygen atoms in total. The molecule has 14 heavy (non-hydrogen) atoms. The molecule has 1 aliphatic heterocycles. The monoisotopic (exact) mass is 195 g/mol. The number of rotatable bonds is 1. The smallest absolute Gasteiger partial charge is 0.00436 e. The fraction of sp³-hybridized carbons (Fsp3) is 0.846. The lowest BCUT2D eigenvalue weighted by Crippen LogP contribution is -2.35. The summed E-state index contributed by atoms with van der Waals surface area (Å²) in [5.74, 6) is 0.822. The van der Waals surface area contributed by atoms with E-state index in [0.717, 1.165) is 5.92 Å². The van der Waals surface area contributed by atoms with Crippen LogP contribution in [0.4, 0.5) is 0 Å². The van der Waals surface area contributed by atoms with Crippen LogP contribution >= 0.6 is 0 Å². The summed E-state index contributed by atoms with van der Waals surface area (Å²) in [6, 6.07) is 0. The molecule has 1 aliphatic carbocycles. The Morgan fingerprint density at radius 1 is 1.21 bits per heavy atom. The van der Waals surface area contributed by atoms with Gasteiger partial charge in [0.15, 0.2) is 0 Å². The van der Waals surface area contributed by atoms with Gasteiger partial charge in [-0.3, -0.25) is 0 Å². The summed E-state index contributed by atoms with van der Waals surface area (Å²) in [6.45, 7) is 10.4. The summed E-state index contributed by atoms with van der Waals surface area (Å²) in [5, 5.41) is 3.44. The normalized spacial score (nSPS) is 29.4. The lowest BCUT2D eigenvalue weighted by atomic mass is 9.77. The Bertz CT molecular complexity index is 168. The Balaban J connectivity index is 0.000000461. The van der Waals surface area contributed by atoms with E-state index in [4.69, 9.17) is 0 Å². The molecule has 1 N–H and O–H groups in total. The summed E-state index contributed by atoms with van der Waals surface area (Å²) < 4.78 is 0. The van der Waals surface area contributed by atoms with Gasteiger partial charge in [-0.25, -0.2) is 0 Å². The van der Waals surface area contributed by atoms with Gasteiger partial charge in [-0.15, -0.1) is 6.58 Å². The van der Waals surface area contributed by atoms with Gasteiger partial charge >= 0.3 is 0 Å². The van der Waals surface area contributed by atoms with Crippen molar-refractivity contribution < 1.29 is 0 Å². The molecule has 1 saturated carbocycles. The van der Waals surface area contributed by atoms with Crippen LogP contribution in [-0.4, -0.2) is 13.1 Å². The standard InChI is InChI=1S/C11H19N.C2H6/c1-2-10-3-4-11(9-10)5-7-12-8-6-11;1-2/h2,10,12H,1,3-9H2;1-2H3. The summed E-state index contributed by atoms with van der Waals surface area (Å²) in [6.07, 6.45) is 9.22. The van der Waals surface area contributed by atoms with Crippen molar-refractivity contribution >= 4 is 0 Å². The highest BCUT2D eigenvalue weighted by molar-refractivity contribution is 4.97. The predicted molar refractivity (Wildman–Crippen MR) is 63.4 cm³/mol. The van der Waals surface area contributed by atoms with E-state index in [1.165, 1.54) is 45.2 Å². The highest BCUT2D eigenvalue weighted by Crippen LogP contribution is 2.47. The van der Waals surface area contributed by atoms with Crippen LogP contribution in [0.3, 0.4) is 0 Å². The van der Waals surface area contributed by atoms with Crippen LogP contribution in [0.15, 0.2) is 12.7 Å². The number of piperidine rings is 1. The first kappa shape index (κ1) is 11.8. The van der Waals surface area contributed by atoms with E-state index in [1.807, 2.05) is 13.8 Å². The highest BCUT2D eigenvalue weighted by Gasteiger charge is 2.38. The zero-order chi connectivity index (χ0) is 10.4. The first-order valence-corrected chi connectivity index (χ1v) is 6.18. The van der Waals surface area contributed by atoms with Gasteiger partial charge in [-0.2, -0.15) is 0 Å². The second kappa shape index (κ2) is 5.55. The van der Waals surface area contributed by atoms with Crippen molar-refractivity contribution in [3.63, 3.8) is 0 Å². The number of nitrogens with one attached hydrogen (secondary N) is 1. The molecule has 1 spiro atoms. The topological polar surface area (TPSA) is 12.0 Å². The lowest BCUT2D eigenvalue weighted by molar-refractivity contribution is 0.205. The molecule has 1 unspecified atom stereocenters. The van der Waals surface area contributed by atoms with Crippen molar-refractivity contribution in [1.29, 1.82) is 0 Å². The molecular formula is C13H25N. The fourth-order valence-corrected chi connectivity index (χ4v) is 2.86. The molecule has 1 heterocycles. The molecule has 1 atom stereocenters. The maximum Gasteiger partial charge on any atom is -0.00436 e. The van der Waals surface area contributed by atoms with Gasteiger partial charge in [0.25, 0.3) is 0 Å². The minimum absolute atomic E-state index is 0.712. The van der Waals surface area contributed by atoms with Gasteiger partial charge in [-0.05, 0) is 56.5 Å². The molecule has 0 aromatic carbocycles. The Labute approximate surface area is 89.0 Å².